The number of hydrogen-bond acceptors (Lipinski definition) is 4. The predicted molar refractivity (Wildman–Crippen MR) is 102 cm³/mol. The van der Waals surface area contributed by atoms with Gasteiger partial charge < -0.3 is 14.4 Å². The maximum Gasteiger partial charge on any atom is 0.303 e. The molecule has 140 valence electrons. The number of aliphatic carboxylic acids is 1. The number of aromatic nitrogens is 2. The topological polar surface area (TPSA) is 107 Å². The zero-order valence-corrected chi connectivity index (χ0v) is 15.4. The Labute approximate surface area is 159 Å². The number of benzene rings is 2. The Morgan fingerprint density at radius 3 is 2.44 bits per heavy atom. The minimum atomic E-state index is -2.39. The molecule has 1 aromatic heterocycles. The van der Waals surface area contributed by atoms with Crippen LogP contribution in [0.4, 0.5) is 5.69 Å². The molecule has 27 heavy (non-hydrogen) atoms. The number of carbonyl (C=O) groups is 1. The van der Waals surface area contributed by atoms with Crippen molar-refractivity contribution in [1.29, 1.82) is 0 Å². The van der Waals surface area contributed by atoms with Crippen LogP contribution in [0, 0.1) is 6.92 Å². The number of hydrogen-bond donors (Lipinski definition) is 2. The van der Waals surface area contributed by atoms with E-state index < -0.39 is 17.2 Å². The van der Waals surface area contributed by atoms with Crippen LogP contribution in [0.25, 0.3) is 16.9 Å². The highest BCUT2D eigenvalue weighted by Crippen LogP contribution is 2.26. The molecule has 0 aliphatic carbocycles. The van der Waals surface area contributed by atoms with Crippen molar-refractivity contribution in [3.05, 3.63) is 65.9 Å². The summed E-state index contributed by atoms with van der Waals surface area (Å²) in [7, 11) is 0. The first-order valence-electron chi connectivity index (χ1n) is 8.26. The van der Waals surface area contributed by atoms with Crippen molar-refractivity contribution in [1.82, 2.24) is 9.78 Å². The van der Waals surface area contributed by atoms with Crippen LogP contribution in [0.3, 0.4) is 0 Å². The van der Waals surface area contributed by atoms with Gasteiger partial charge in [-0.3, -0.25) is 9.00 Å². The minimum absolute atomic E-state index is 0.00250. The van der Waals surface area contributed by atoms with E-state index in [2.05, 4.69) is 9.82 Å². The van der Waals surface area contributed by atoms with E-state index in [-0.39, 0.29) is 6.42 Å². The monoisotopic (exact) mass is 384 g/mol. The molecule has 1 heterocycles. The van der Waals surface area contributed by atoms with E-state index in [4.69, 9.17) is 5.11 Å². The van der Waals surface area contributed by atoms with E-state index in [1.165, 1.54) is 0 Å². The van der Waals surface area contributed by atoms with E-state index in [0.717, 1.165) is 22.5 Å². The van der Waals surface area contributed by atoms with Gasteiger partial charge in [-0.2, -0.15) is 5.10 Å². The number of nitrogens with zero attached hydrogens (tertiary/aromatic N) is 2. The van der Waals surface area contributed by atoms with Gasteiger partial charge in [-0.15, -0.1) is 0 Å². The summed E-state index contributed by atoms with van der Waals surface area (Å²) in [6.45, 7) is 2.01. The summed E-state index contributed by atoms with van der Waals surface area (Å²) in [5.41, 5.74) is 4.80. The van der Waals surface area contributed by atoms with E-state index in [0.29, 0.717) is 17.8 Å². The van der Waals surface area contributed by atoms with Crippen LogP contribution in [0.15, 0.2) is 54.6 Å². The molecule has 0 amide bonds. The zero-order chi connectivity index (χ0) is 19.4. The summed E-state index contributed by atoms with van der Waals surface area (Å²) in [5.74, 6) is -0.873. The van der Waals surface area contributed by atoms with E-state index in [1.807, 2.05) is 37.3 Å². The van der Waals surface area contributed by atoms with Gasteiger partial charge in [-0.25, -0.2) is 4.68 Å². The molecular weight excluding hydrogens is 366 g/mol. The number of carboxylic acids is 1. The molecule has 0 spiro atoms. The fraction of sp³-hybridized carbons (Fsp3) is 0.158. The third-order valence-corrected chi connectivity index (χ3v) is 4.42. The summed E-state index contributed by atoms with van der Waals surface area (Å²) in [4.78, 5) is 10.9. The molecule has 0 radical (unpaired) electrons. The van der Waals surface area contributed by atoms with Gasteiger partial charge in [0.05, 0.1) is 23.5 Å². The smallest absolute Gasteiger partial charge is 0.303 e. The standard InChI is InChI=1S/C19H19N3O4S/c1-13-2-4-14(5-3-13)18-12-16(8-11-19(23)24)20-22(18)17-9-6-15(7-10-17)21-27(25)26/h2-7,9-10,12,21H,8,11H2,1H3,(H,23,24)(H,25,26)/p-1. The Morgan fingerprint density at radius 2 is 1.85 bits per heavy atom. The van der Waals surface area contributed by atoms with Gasteiger partial charge in [-0.05, 0) is 37.3 Å². The maximum absolute atomic E-state index is 10.9. The van der Waals surface area contributed by atoms with Gasteiger partial charge in [0.25, 0.3) is 0 Å². The number of nitrogens with one attached hydrogen (secondary N) is 1. The van der Waals surface area contributed by atoms with Crippen LogP contribution in [0.1, 0.15) is 17.7 Å². The number of anilines is 1. The molecule has 0 saturated carbocycles. The average Bonchev–Trinajstić information content (AvgIpc) is 3.05. The number of carboxylic acid groups (broad SMARTS) is 1. The number of rotatable bonds is 7. The highest BCUT2D eigenvalue weighted by Gasteiger charge is 2.13. The van der Waals surface area contributed by atoms with Gasteiger partial charge >= 0.3 is 5.97 Å². The Balaban J connectivity index is 1.99. The molecule has 0 aliphatic heterocycles. The van der Waals surface area contributed by atoms with E-state index in [1.54, 1.807) is 28.9 Å². The molecule has 0 aliphatic rings. The van der Waals surface area contributed by atoms with Crippen LogP contribution in [0.2, 0.25) is 0 Å². The summed E-state index contributed by atoms with van der Waals surface area (Å²) in [6.07, 6.45) is 0.332. The average molecular weight is 384 g/mol. The summed E-state index contributed by atoms with van der Waals surface area (Å²) in [6, 6.07) is 16.6. The third kappa shape index (κ3) is 4.81. The molecule has 8 heteroatoms. The van der Waals surface area contributed by atoms with Gasteiger partial charge in [0, 0.05) is 28.9 Å². The van der Waals surface area contributed by atoms with Crippen molar-refractivity contribution >= 4 is 22.9 Å². The zero-order valence-electron chi connectivity index (χ0n) is 14.6. The highest BCUT2D eigenvalue weighted by molar-refractivity contribution is 7.80. The van der Waals surface area contributed by atoms with Crippen molar-refractivity contribution in [2.45, 2.75) is 19.8 Å². The van der Waals surface area contributed by atoms with Crippen molar-refractivity contribution in [2.24, 2.45) is 0 Å². The molecule has 0 bridgehead atoms. The molecular formula is C19H18N3O4S-. The molecule has 2 aromatic carbocycles. The molecule has 1 atom stereocenters. The second-order valence-corrected chi connectivity index (χ2v) is 6.75. The summed E-state index contributed by atoms with van der Waals surface area (Å²) >= 11 is -2.39. The van der Waals surface area contributed by atoms with Crippen molar-refractivity contribution in [3.63, 3.8) is 0 Å². The largest absolute Gasteiger partial charge is 0.755 e. The number of aryl methyl sites for hydroxylation is 2. The van der Waals surface area contributed by atoms with Crippen LogP contribution >= 0.6 is 0 Å². The lowest BCUT2D eigenvalue weighted by Crippen LogP contribution is -2.04. The first-order chi connectivity index (χ1) is 12.9. The van der Waals surface area contributed by atoms with E-state index in [9.17, 15) is 13.6 Å². The lowest BCUT2D eigenvalue weighted by Gasteiger charge is -2.11. The maximum atomic E-state index is 10.9. The van der Waals surface area contributed by atoms with Crippen LogP contribution in [0.5, 0.6) is 0 Å². The lowest BCUT2D eigenvalue weighted by atomic mass is 10.1. The Bertz CT molecular complexity index is 966. The molecule has 0 saturated heterocycles. The predicted octanol–water partition coefficient (Wildman–Crippen LogP) is 3.07. The van der Waals surface area contributed by atoms with Gasteiger partial charge in [0.2, 0.25) is 0 Å². The first kappa shape index (κ1) is 18.8. The van der Waals surface area contributed by atoms with Gasteiger partial charge in [-0.1, -0.05) is 29.8 Å². The van der Waals surface area contributed by atoms with Crippen molar-refractivity contribution in [3.8, 4) is 16.9 Å². The van der Waals surface area contributed by atoms with Crippen LogP contribution in [-0.2, 0) is 22.5 Å². The van der Waals surface area contributed by atoms with Crippen LogP contribution < -0.4 is 4.72 Å². The third-order valence-electron chi connectivity index (χ3n) is 4.02. The van der Waals surface area contributed by atoms with Gasteiger partial charge in [0.1, 0.15) is 0 Å². The van der Waals surface area contributed by atoms with Crippen molar-refractivity contribution in [2.75, 3.05) is 4.72 Å². The second-order valence-electron chi connectivity index (χ2n) is 6.08. The lowest BCUT2D eigenvalue weighted by molar-refractivity contribution is -0.136. The van der Waals surface area contributed by atoms with E-state index >= 15 is 0 Å². The Morgan fingerprint density at radius 1 is 1.19 bits per heavy atom. The fourth-order valence-corrected chi connectivity index (χ4v) is 3.01. The molecule has 3 aromatic rings. The quantitative estimate of drug-likeness (QED) is 0.609. The molecule has 1 unspecified atom stereocenters. The molecule has 2 N–H and O–H groups in total. The van der Waals surface area contributed by atoms with Crippen LogP contribution in [-0.4, -0.2) is 29.6 Å². The molecule has 3 rings (SSSR count). The Hall–Kier alpha value is -2.97. The normalized spacial score (nSPS) is 11.9. The minimum Gasteiger partial charge on any atom is -0.755 e. The highest BCUT2D eigenvalue weighted by atomic mass is 32.2. The molecule has 0 fully saturated rings. The fourth-order valence-electron chi connectivity index (χ4n) is 2.68. The first-order valence-corrected chi connectivity index (χ1v) is 9.34. The molecule has 7 nitrogen and oxygen atoms in total. The summed E-state index contributed by atoms with van der Waals surface area (Å²) in [5, 5.41) is 13.5. The summed E-state index contributed by atoms with van der Waals surface area (Å²) < 4.78 is 25.5. The SMILES string of the molecule is Cc1ccc(-c2cc(CCC(=O)O)nn2-c2ccc(NS(=O)[O-])cc2)cc1. The second kappa shape index (κ2) is 8.15. The van der Waals surface area contributed by atoms with Gasteiger partial charge in [0.15, 0.2) is 0 Å². The van der Waals surface area contributed by atoms with Crippen molar-refractivity contribution < 1.29 is 18.7 Å². The Kier molecular flexibility index (Phi) is 5.68.